The number of amides is 3. The third kappa shape index (κ3) is 4.46. The molecule has 1 aliphatic rings. The van der Waals surface area contributed by atoms with Crippen LogP contribution in [0.25, 0.3) is 6.08 Å². The maximum absolute atomic E-state index is 12.2. The largest absolute Gasteiger partial charge is 0.486 e. The summed E-state index contributed by atoms with van der Waals surface area (Å²) in [6.45, 7) is 2.38. The predicted octanol–water partition coefficient (Wildman–Crippen LogP) is 5.25. The van der Waals surface area contributed by atoms with Crippen molar-refractivity contribution in [3.8, 4) is 5.75 Å². The highest BCUT2D eigenvalue weighted by Crippen LogP contribution is 2.36. The normalized spacial score (nSPS) is 15.4. The van der Waals surface area contributed by atoms with Gasteiger partial charge in [0.1, 0.15) is 12.3 Å². The minimum absolute atomic E-state index is 0.208. The van der Waals surface area contributed by atoms with E-state index in [-0.39, 0.29) is 11.6 Å². The minimum Gasteiger partial charge on any atom is -0.486 e. The van der Waals surface area contributed by atoms with E-state index >= 15 is 0 Å². The molecule has 0 bridgehead atoms. The summed E-state index contributed by atoms with van der Waals surface area (Å²) in [6, 6.07) is 10.3. The third-order valence-corrected chi connectivity index (χ3v) is 5.03. The van der Waals surface area contributed by atoms with Crippen LogP contribution >= 0.6 is 39.1 Å². The smallest absolute Gasteiger partial charge is 0.328 e. The summed E-state index contributed by atoms with van der Waals surface area (Å²) >= 11 is 15.7. The molecular formula is C19H15BrCl2N2O3. The summed E-state index contributed by atoms with van der Waals surface area (Å²) < 4.78 is 6.44. The lowest BCUT2D eigenvalue weighted by Gasteiger charge is -2.11. The van der Waals surface area contributed by atoms with Crippen LogP contribution in [0.2, 0.25) is 10.0 Å². The van der Waals surface area contributed by atoms with Gasteiger partial charge in [0.2, 0.25) is 0 Å². The van der Waals surface area contributed by atoms with Crippen molar-refractivity contribution >= 4 is 57.1 Å². The van der Waals surface area contributed by atoms with Crippen LogP contribution in [0, 0.1) is 0 Å². The zero-order valence-electron chi connectivity index (χ0n) is 14.3. The molecule has 1 fully saturated rings. The van der Waals surface area contributed by atoms with Gasteiger partial charge in [-0.25, -0.2) is 4.79 Å². The first-order chi connectivity index (χ1) is 12.9. The molecular weight excluding hydrogens is 455 g/mol. The summed E-state index contributed by atoms with van der Waals surface area (Å²) in [5.74, 6) is 0.128. The Morgan fingerprint density at radius 2 is 1.89 bits per heavy atom. The SMILES string of the molecule is CCN1C(=O)N/C(=C/c2cc(Cl)c(OCc3ccc(Cl)cc3)c(Br)c2)C1=O. The molecule has 0 unspecified atom stereocenters. The maximum Gasteiger partial charge on any atom is 0.328 e. The minimum atomic E-state index is -0.429. The summed E-state index contributed by atoms with van der Waals surface area (Å²) in [4.78, 5) is 25.0. The van der Waals surface area contributed by atoms with Crippen LogP contribution in [-0.4, -0.2) is 23.4 Å². The molecule has 3 amide bonds. The van der Waals surface area contributed by atoms with Crippen LogP contribution in [-0.2, 0) is 11.4 Å². The first-order valence-corrected chi connectivity index (χ1v) is 9.64. The van der Waals surface area contributed by atoms with E-state index in [9.17, 15) is 9.59 Å². The van der Waals surface area contributed by atoms with Crippen LogP contribution in [0.15, 0.2) is 46.6 Å². The van der Waals surface area contributed by atoms with Crippen molar-refractivity contribution in [1.29, 1.82) is 0 Å². The molecule has 1 aliphatic heterocycles. The predicted molar refractivity (Wildman–Crippen MR) is 109 cm³/mol. The lowest BCUT2D eigenvalue weighted by molar-refractivity contribution is -0.122. The van der Waals surface area contributed by atoms with E-state index in [0.29, 0.717) is 39.0 Å². The Hall–Kier alpha value is -2.02. The molecule has 0 radical (unpaired) electrons. The van der Waals surface area contributed by atoms with Crippen LogP contribution in [0.3, 0.4) is 0 Å². The van der Waals surface area contributed by atoms with Crippen LogP contribution in [0.4, 0.5) is 4.79 Å². The number of nitrogens with zero attached hydrogens (tertiary/aromatic N) is 1. The molecule has 0 spiro atoms. The fraction of sp³-hybridized carbons (Fsp3) is 0.158. The summed E-state index contributed by atoms with van der Waals surface area (Å²) in [6.07, 6.45) is 1.58. The van der Waals surface area contributed by atoms with E-state index < -0.39 is 6.03 Å². The Balaban J connectivity index is 1.79. The molecule has 2 aromatic carbocycles. The number of imide groups is 1. The number of carbonyl (C=O) groups excluding carboxylic acids is 2. The lowest BCUT2D eigenvalue weighted by atomic mass is 10.1. The van der Waals surface area contributed by atoms with Gasteiger partial charge in [0.25, 0.3) is 5.91 Å². The van der Waals surface area contributed by atoms with Gasteiger partial charge in [-0.2, -0.15) is 0 Å². The number of benzene rings is 2. The van der Waals surface area contributed by atoms with Crippen molar-refractivity contribution in [3.05, 3.63) is 67.7 Å². The summed E-state index contributed by atoms with van der Waals surface area (Å²) in [7, 11) is 0. The highest BCUT2D eigenvalue weighted by Gasteiger charge is 2.32. The highest BCUT2D eigenvalue weighted by atomic mass is 79.9. The van der Waals surface area contributed by atoms with Gasteiger partial charge in [-0.1, -0.05) is 35.3 Å². The Labute approximate surface area is 175 Å². The number of urea groups is 1. The quantitative estimate of drug-likeness (QED) is 0.480. The number of carbonyl (C=O) groups is 2. The second kappa shape index (κ2) is 8.33. The van der Waals surface area contributed by atoms with Gasteiger partial charge in [-0.3, -0.25) is 9.69 Å². The number of halogens is 3. The molecule has 1 N–H and O–H groups in total. The van der Waals surface area contributed by atoms with Crippen LogP contribution < -0.4 is 10.1 Å². The van der Waals surface area contributed by atoms with Gasteiger partial charge in [-0.15, -0.1) is 0 Å². The number of likely N-dealkylation sites (N-methyl/N-ethyl adjacent to an activating group) is 1. The number of hydrogen-bond acceptors (Lipinski definition) is 3. The molecule has 2 aromatic rings. The maximum atomic E-state index is 12.2. The Morgan fingerprint density at radius 3 is 2.48 bits per heavy atom. The van der Waals surface area contributed by atoms with E-state index in [1.165, 1.54) is 0 Å². The number of ether oxygens (including phenoxy) is 1. The van der Waals surface area contributed by atoms with Crippen molar-refractivity contribution in [3.63, 3.8) is 0 Å². The van der Waals surface area contributed by atoms with E-state index in [1.54, 1.807) is 37.3 Å². The van der Waals surface area contributed by atoms with Crippen molar-refractivity contribution in [2.24, 2.45) is 0 Å². The molecule has 140 valence electrons. The molecule has 0 atom stereocenters. The van der Waals surface area contributed by atoms with Crippen molar-refractivity contribution in [2.75, 3.05) is 6.54 Å². The van der Waals surface area contributed by atoms with E-state index in [4.69, 9.17) is 27.9 Å². The standard InChI is InChI=1S/C19H15BrCl2N2O3/c1-2-24-18(25)16(23-19(24)26)9-12-7-14(20)17(15(22)8-12)27-10-11-3-5-13(21)6-4-11/h3-9H,2,10H2,1H3,(H,23,26)/b16-9+. The average molecular weight is 470 g/mol. The Bertz CT molecular complexity index is 906. The average Bonchev–Trinajstić information content (AvgIpc) is 2.88. The second-order valence-electron chi connectivity index (χ2n) is 5.77. The molecule has 1 saturated heterocycles. The van der Waals surface area contributed by atoms with Gasteiger partial charge in [0.15, 0.2) is 5.75 Å². The lowest BCUT2D eigenvalue weighted by Crippen LogP contribution is -2.30. The molecule has 0 aromatic heterocycles. The van der Waals surface area contributed by atoms with Gasteiger partial charge >= 0.3 is 6.03 Å². The molecule has 8 heteroatoms. The topological polar surface area (TPSA) is 58.6 Å². The van der Waals surface area contributed by atoms with Crippen LogP contribution in [0.5, 0.6) is 5.75 Å². The number of hydrogen-bond donors (Lipinski definition) is 1. The van der Waals surface area contributed by atoms with Crippen molar-refractivity contribution in [2.45, 2.75) is 13.5 Å². The number of rotatable bonds is 5. The first kappa shape index (κ1) is 19.7. The number of nitrogens with one attached hydrogen (secondary N) is 1. The van der Waals surface area contributed by atoms with E-state index in [2.05, 4.69) is 21.2 Å². The van der Waals surface area contributed by atoms with E-state index in [0.717, 1.165) is 10.5 Å². The first-order valence-electron chi connectivity index (χ1n) is 8.10. The van der Waals surface area contributed by atoms with Gasteiger partial charge in [-0.05, 0) is 64.3 Å². The molecule has 3 rings (SSSR count). The summed E-state index contributed by atoms with van der Waals surface area (Å²) in [5.41, 5.74) is 1.82. The fourth-order valence-electron chi connectivity index (χ4n) is 2.56. The van der Waals surface area contributed by atoms with Crippen molar-refractivity contribution in [1.82, 2.24) is 10.2 Å². The second-order valence-corrected chi connectivity index (χ2v) is 7.46. The van der Waals surface area contributed by atoms with Gasteiger partial charge < -0.3 is 10.1 Å². The molecule has 27 heavy (non-hydrogen) atoms. The zero-order chi connectivity index (χ0) is 19.6. The molecule has 5 nitrogen and oxygen atoms in total. The van der Waals surface area contributed by atoms with Crippen LogP contribution in [0.1, 0.15) is 18.1 Å². The zero-order valence-corrected chi connectivity index (χ0v) is 17.4. The Kier molecular flexibility index (Phi) is 6.09. The van der Waals surface area contributed by atoms with Gasteiger partial charge in [0.05, 0.1) is 9.50 Å². The molecule has 1 heterocycles. The molecule has 0 saturated carbocycles. The third-order valence-electron chi connectivity index (χ3n) is 3.91. The van der Waals surface area contributed by atoms with Gasteiger partial charge in [0, 0.05) is 11.6 Å². The molecule has 0 aliphatic carbocycles. The van der Waals surface area contributed by atoms with Crippen molar-refractivity contribution < 1.29 is 14.3 Å². The fourth-order valence-corrected chi connectivity index (χ4v) is 3.68. The van der Waals surface area contributed by atoms with E-state index in [1.807, 2.05) is 12.1 Å². The summed E-state index contributed by atoms with van der Waals surface area (Å²) in [5, 5.41) is 3.60. The monoisotopic (exact) mass is 468 g/mol. The highest BCUT2D eigenvalue weighted by molar-refractivity contribution is 9.10. The Morgan fingerprint density at radius 1 is 1.19 bits per heavy atom.